The number of rotatable bonds is 10. The normalized spacial score (nSPS) is 12.8. The summed E-state index contributed by atoms with van der Waals surface area (Å²) in [6.45, 7) is 0.511. The van der Waals surface area contributed by atoms with Crippen molar-refractivity contribution in [2.45, 2.75) is 31.2 Å². The van der Waals surface area contributed by atoms with Crippen LogP contribution in [0.1, 0.15) is 46.7 Å². The molecule has 3 aromatic rings. The largest absolute Gasteiger partial charge is 0.480 e. The second-order valence-corrected chi connectivity index (χ2v) is 8.35. The summed E-state index contributed by atoms with van der Waals surface area (Å²) in [6.07, 6.45) is 3.61. The summed E-state index contributed by atoms with van der Waals surface area (Å²) < 4.78 is 5.45. The molecule has 2 aromatic carbocycles. The number of unbranched alkanes of at least 4 members (excludes halogenated alkanes) is 1. The Morgan fingerprint density at radius 1 is 0.943 bits per heavy atom. The molecule has 180 valence electrons. The minimum Gasteiger partial charge on any atom is -0.480 e. The molecule has 0 saturated heterocycles. The van der Waals surface area contributed by atoms with E-state index in [1.54, 1.807) is 18.3 Å². The van der Waals surface area contributed by atoms with Gasteiger partial charge in [0.25, 0.3) is 5.91 Å². The van der Waals surface area contributed by atoms with Crippen LogP contribution in [-0.4, -0.2) is 47.3 Å². The van der Waals surface area contributed by atoms with Gasteiger partial charge in [-0.3, -0.25) is 9.78 Å². The highest BCUT2D eigenvalue weighted by molar-refractivity contribution is 5.93. The monoisotopic (exact) mass is 473 g/mol. The highest BCUT2D eigenvalue weighted by Gasteiger charge is 2.29. The molecule has 1 aromatic heterocycles. The second-order valence-electron chi connectivity index (χ2n) is 8.35. The zero-order chi connectivity index (χ0) is 24.6. The molecular formula is C27H27N3O5. The molecule has 2 amide bonds. The van der Waals surface area contributed by atoms with Crippen molar-refractivity contribution in [1.29, 1.82) is 0 Å². The van der Waals surface area contributed by atoms with Crippen LogP contribution in [-0.2, 0) is 9.53 Å². The average molecular weight is 474 g/mol. The lowest BCUT2D eigenvalue weighted by atomic mass is 9.98. The fourth-order valence-electron chi connectivity index (χ4n) is 4.31. The third kappa shape index (κ3) is 5.84. The Balaban J connectivity index is 1.24. The average Bonchev–Trinajstić information content (AvgIpc) is 3.20. The summed E-state index contributed by atoms with van der Waals surface area (Å²) in [6, 6.07) is 18.3. The van der Waals surface area contributed by atoms with E-state index >= 15 is 0 Å². The van der Waals surface area contributed by atoms with Crippen molar-refractivity contribution in [3.05, 3.63) is 89.7 Å². The van der Waals surface area contributed by atoms with E-state index < -0.39 is 18.1 Å². The number of pyridine rings is 1. The van der Waals surface area contributed by atoms with Gasteiger partial charge in [0.15, 0.2) is 0 Å². The molecule has 0 spiro atoms. The first-order valence-electron chi connectivity index (χ1n) is 11.6. The summed E-state index contributed by atoms with van der Waals surface area (Å²) >= 11 is 0. The first-order chi connectivity index (χ1) is 17.0. The highest BCUT2D eigenvalue weighted by atomic mass is 16.5. The van der Waals surface area contributed by atoms with E-state index in [0.717, 1.165) is 22.3 Å². The van der Waals surface area contributed by atoms with Crippen LogP contribution in [0.15, 0.2) is 73.1 Å². The molecule has 1 unspecified atom stereocenters. The number of hydrogen-bond donors (Lipinski definition) is 3. The standard InChI is InChI=1S/C27H27N3O5/c31-25(18-8-7-14-28-16-18)29-15-6-5-13-24(26(32)33)30-27(34)35-17-23-21-11-3-1-9-19(21)20-10-2-4-12-22(20)23/h1-4,7-12,14,16,23-24H,5-6,13,15,17H2,(H,29,31)(H,30,34)(H,32,33). The Hall–Kier alpha value is -4.20. The van der Waals surface area contributed by atoms with Crippen LogP contribution in [0, 0.1) is 0 Å². The van der Waals surface area contributed by atoms with Crippen LogP contribution < -0.4 is 10.6 Å². The predicted octanol–water partition coefficient (Wildman–Crippen LogP) is 3.97. The molecule has 0 radical (unpaired) electrons. The zero-order valence-corrected chi connectivity index (χ0v) is 19.1. The lowest BCUT2D eigenvalue weighted by molar-refractivity contribution is -0.139. The number of carboxylic acid groups (broad SMARTS) is 1. The Morgan fingerprint density at radius 3 is 2.26 bits per heavy atom. The third-order valence-corrected chi connectivity index (χ3v) is 6.06. The number of ether oxygens (including phenoxy) is 1. The van der Waals surface area contributed by atoms with Gasteiger partial charge in [0, 0.05) is 24.9 Å². The summed E-state index contributed by atoms with van der Waals surface area (Å²) in [7, 11) is 0. The van der Waals surface area contributed by atoms with Gasteiger partial charge in [-0.05, 0) is 53.6 Å². The quantitative estimate of drug-likeness (QED) is 0.384. The van der Waals surface area contributed by atoms with Crippen LogP contribution >= 0.6 is 0 Å². The Bertz CT molecular complexity index is 1150. The molecule has 35 heavy (non-hydrogen) atoms. The van der Waals surface area contributed by atoms with Crippen LogP contribution in [0.25, 0.3) is 11.1 Å². The van der Waals surface area contributed by atoms with E-state index in [1.165, 1.54) is 6.20 Å². The highest BCUT2D eigenvalue weighted by Crippen LogP contribution is 2.44. The minimum atomic E-state index is -1.13. The van der Waals surface area contributed by atoms with Gasteiger partial charge in [0.1, 0.15) is 12.6 Å². The Morgan fingerprint density at radius 2 is 1.63 bits per heavy atom. The van der Waals surface area contributed by atoms with Gasteiger partial charge >= 0.3 is 12.1 Å². The molecule has 0 saturated carbocycles. The number of nitrogens with one attached hydrogen (secondary N) is 2. The molecule has 1 atom stereocenters. The maximum absolute atomic E-state index is 12.4. The molecule has 4 rings (SSSR count). The number of nitrogens with zero attached hydrogens (tertiary/aromatic N) is 1. The summed E-state index contributed by atoms with van der Waals surface area (Å²) in [4.78, 5) is 40.0. The number of carbonyl (C=O) groups excluding carboxylic acids is 2. The van der Waals surface area contributed by atoms with Crippen LogP contribution in [0.5, 0.6) is 0 Å². The maximum atomic E-state index is 12.4. The number of aliphatic carboxylic acids is 1. The van der Waals surface area contributed by atoms with Gasteiger partial charge in [0.05, 0.1) is 5.56 Å². The van der Waals surface area contributed by atoms with Crippen molar-refractivity contribution in [2.24, 2.45) is 0 Å². The molecule has 0 aliphatic heterocycles. The lowest BCUT2D eigenvalue weighted by Gasteiger charge is -2.17. The van der Waals surface area contributed by atoms with Crippen molar-refractivity contribution in [3.8, 4) is 11.1 Å². The smallest absolute Gasteiger partial charge is 0.407 e. The lowest BCUT2D eigenvalue weighted by Crippen LogP contribution is -2.41. The van der Waals surface area contributed by atoms with Crippen LogP contribution in [0.4, 0.5) is 4.79 Å². The molecular weight excluding hydrogens is 446 g/mol. The van der Waals surface area contributed by atoms with Gasteiger partial charge < -0.3 is 20.5 Å². The van der Waals surface area contributed by atoms with E-state index in [-0.39, 0.29) is 24.9 Å². The van der Waals surface area contributed by atoms with E-state index in [4.69, 9.17) is 4.74 Å². The number of benzene rings is 2. The number of hydrogen-bond acceptors (Lipinski definition) is 5. The Kier molecular flexibility index (Phi) is 7.72. The van der Waals surface area contributed by atoms with Crippen molar-refractivity contribution in [1.82, 2.24) is 15.6 Å². The number of fused-ring (bicyclic) bond motifs is 3. The van der Waals surface area contributed by atoms with E-state index in [9.17, 15) is 19.5 Å². The molecule has 0 bridgehead atoms. The van der Waals surface area contributed by atoms with Gasteiger partial charge in [-0.2, -0.15) is 0 Å². The van der Waals surface area contributed by atoms with Gasteiger partial charge in [-0.25, -0.2) is 9.59 Å². The van der Waals surface area contributed by atoms with Crippen LogP contribution in [0.2, 0.25) is 0 Å². The fourth-order valence-corrected chi connectivity index (χ4v) is 4.31. The van der Waals surface area contributed by atoms with Crippen molar-refractivity contribution in [3.63, 3.8) is 0 Å². The van der Waals surface area contributed by atoms with Gasteiger partial charge in [-0.1, -0.05) is 48.5 Å². The predicted molar refractivity (Wildman–Crippen MR) is 130 cm³/mol. The number of aromatic nitrogens is 1. The molecule has 0 fully saturated rings. The molecule has 3 N–H and O–H groups in total. The molecule has 8 heteroatoms. The zero-order valence-electron chi connectivity index (χ0n) is 19.1. The molecule has 8 nitrogen and oxygen atoms in total. The fraction of sp³-hybridized carbons (Fsp3) is 0.259. The van der Waals surface area contributed by atoms with Gasteiger partial charge in [-0.15, -0.1) is 0 Å². The van der Waals surface area contributed by atoms with Crippen molar-refractivity contribution >= 4 is 18.0 Å². The molecule has 1 aliphatic rings. The second kappa shape index (κ2) is 11.3. The first-order valence-corrected chi connectivity index (χ1v) is 11.6. The van der Waals surface area contributed by atoms with Crippen molar-refractivity contribution < 1.29 is 24.2 Å². The SMILES string of the molecule is O=C(NC(CCCCNC(=O)c1cccnc1)C(=O)O)OCC1c2ccccc2-c2ccccc21. The van der Waals surface area contributed by atoms with E-state index in [2.05, 4.69) is 15.6 Å². The minimum absolute atomic E-state index is 0.0974. The van der Waals surface area contributed by atoms with Crippen molar-refractivity contribution in [2.75, 3.05) is 13.2 Å². The number of carbonyl (C=O) groups is 3. The third-order valence-electron chi connectivity index (χ3n) is 6.06. The molecule has 1 heterocycles. The molecule has 1 aliphatic carbocycles. The van der Waals surface area contributed by atoms with Crippen LogP contribution in [0.3, 0.4) is 0 Å². The summed E-state index contributed by atoms with van der Waals surface area (Å²) in [5.74, 6) is -1.46. The number of carboxylic acids is 1. The first kappa shape index (κ1) is 23.9. The summed E-state index contributed by atoms with van der Waals surface area (Å²) in [5, 5.41) is 14.7. The Labute approximate surface area is 203 Å². The topological polar surface area (TPSA) is 118 Å². The maximum Gasteiger partial charge on any atom is 0.407 e. The number of alkyl carbamates (subject to hydrolysis) is 1. The van der Waals surface area contributed by atoms with E-state index in [0.29, 0.717) is 24.9 Å². The van der Waals surface area contributed by atoms with Gasteiger partial charge in [0.2, 0.25) is 0 Å². The summed E-state index contributed by atoms with van der Waals surface area (Å²) in [5.41, 5.74) is 4.88. The number of amides is 2. The van der Waals surface area contributed by atoms with E-state index in [1.807, 2.05) is 48.5 Å².